The van der Waals surface area contributed by atoms with E-state index in [-0.39, 0.29) is 17.2 Å². The highest BCUT2D eigenvalue weighted by molar-refractivity contribution is 5.72. The summed E-state index contributed by atoms with van der Waals surface area (Å²) in [6.45, 7) is 1.33. The van der Waals surface area contributed by atoms with Crippen molar-refractivity contribution in [3.8, 4) is 11.5 Å². The molecule has 0 amide bonds. The van der Waals surface area contributed by atoms with Gasteiger partial charge in [-0.3, -0.25) is 10.1 Å². The van der Waals surface area contributed by atoms with E-state index in [0.717, 1.165) is 6.07 Å². The van der Waals surface area contributed by atoms with Gasteiger partial charge in [0.15, 0.2) is 11.9 Å². The number of nitro benzene ring substituents is 1. The lowest BCUT2D eigenvalue weighted by Gasteiger charge is -2.10. The number of nitro groups is 1. The van der Waals surface area contributed by atoms with Gasteiger partial charge in [0.25, 0.3) is 0 Å². The molecule has 92 valence electrons. The van der Waals surface area contributed by atoms with Crippen LogP contribution < -0.4 is 9.47 Å². The predicted octanol–water partition coefficient (Wildman–Crippen LogP) is 1.46. The minimum absolute atomic E-state index is 0.0883. The largest absolute Gasteiger partial charge is 0.490 e. The molecule has 7 heteroatoms. The Morgan fingerprint density at radius 3 is 2.65 bits per heavy atom. The van der Waals surface area contributed by atoms with Crippen LogP contribution in [0.3, 0.4) is 0 Å². The van der Waals surface area contributed by atoms with E-state index >= 15 is 0 Å². The molecular formula is C10H11NO6. The average molecular weight is 241 g/mol. The Hall–Kier alpha value is -2.31. The summed E-state index contributed by atoms with van der Waals surface area (Å²) in [5.41, 5.74) is -0.275. The zero-order valence-corrected chi connectivity index (χ0v) is 9.25. The third-order valence-corrected chi connectivity index (χ3v) is 2.01. The molecule has 1 atom stereocenters. The van der Waals surface area contributed by atoms with Gasteiger partial charge >= 0.3 is 11.7 Å². The smallest absolute Gasteiger partial charge is 0.344 e. The molecule has 0 unspecified atom stereocenters. The van der Waals surface area contributed by atoms with E-state index in [4.69, 9.17) is 14.6 Å². The van der Waals surface area contributed by atoms with Crippen LogP contribution in [0.4, 0.5) is 5.69 Å². The van der Waals surface area contributed by atoms with E-state index < -0.39 is 17.0 Å². The van der Waals surface area contributed by atoms with Crippen molar-refractivity contribution >= 4 is 11.7 Å². The molecule has 0 aromatic heterocycles. The lowest BCUT2D eigenvalue weighted by atomic mass is 10.2. The highest BCUT2D eigenvalue weighted by atomic mass is 16.6. The fraction of sp³-hybridized carbons (Fsp3) is 0.300. The Labute approximate surface area is 96.7 Å². The first-order chi connectivity index (χ1) is 7.95. The maximum Gasteiger partial charge on any atom is 0.344 e. The monoisotopic (exact) mass is 241 g/mol. The number of rotatable bonds is 5. The first kappa shape index (κ1) is 12.8. The van der Waals surface area contributed by atoms with Crippen molar-refractivity contribution in [3.63, 3.8) is 0 Å². The van der Waals surface area contributed by atoms with Crippen molar-refractivity contribution in [2.24, 2.45) is 0 Å². The summed E-state index contributed by atoms with van der Waals surface area (Å²) in [4.78, 5) is 20.6. The number of nitrogens with zero attached hydrogens (tertiary/aromatic N) is 1. The van der Waals surface area contributed by atoms with E-state index in [2.05, 4.69) is 0 Å². The number of carbonyl (C=O) groups is 1. The maximum atomic E-state index is 10.7. The number of carboxylic acid groups (broad SMARTS) is 1. The standard InChI is InChI=1S/C10H11NO6/c1-6(10(12)13)17-7-3-4-9(16-2)8(5-7)11(14)15/h3-6H,1-2H3,(H,12,13)/t6-/m0/s1. The Morgan fingerprint density at radius 2 is 2.18 bits per heavy atom. The fourth-order valence-corrected chi connectivity index (χ4v) is 1.14. The molecule has 0 heterocycles. The van der Waals surface area contributed by atoms with Gasteiger partial charge in [-0.1, -0.05) is 0 Å². The van der Waals surface area contributed by atoms with Crippen molar-refractivity contribution in [1.29, 1.82) is 0 Å². The third-order valence-electron chi connectivity index (χ3n) is 2.01. The lowest BCUT2D eigenvalue weighted by molar-refractivity contribution is -0.385. The average Bonchev–Trinajstić information content (AvgIpc) is 2.28. The highest BCUT2D eigenvalue weighted by Gasteiger charge is 2.18. The SMILES string of the molecule is COc1ccc(O[C@@H](C)C(=O)O)cc1[N+](=O)[O-]. The number of carboxylic acids is 1. The molecule has 7 nitrogen and oxygen atoms in total. The molecule has 0 saturated heterocycles. The Bertz CT molecular complexity index is 444. The van der Waals surface area contributed by atoms with Gasteiger partial charge in [-0.15, -0.1) is 0 Å². The van der Waals surface area contributed by atoms with Crippen LogP contribution in [-0.4, -0.2) is 29.2 Å². The molecule has 1 rings (SSSR count). The van der Waals surface area contributed by atoms with Gasteiger partial charge in [-0.2, -0.15) is 0 Å². The Balaban J connectivity index is 3.00. The molecule has 0 spiro atoms. The van der Waals surface area contributed by atoms with Crippen molar-refractivity contribution in [2.45, 2.75) is 13.0 Å². The summed E-state index contributed by atoms with van der Waals surface area (Å²) in [6.07, 6.45) is -1.08. The van der Waals surface area contributed by atoms with Crippen LogP contribution in [0.2, 0.25) is 0 Å². The van der Waals surface area contributed by atoms with Crippen LogP contribution >= 0.6 is 0 Å². The normalized spacial score (nSPS) is 11.6. The van der Waals surface area contributed by atoms with Crippen molar-refractivity contribution < 1.29 is 24.3 Å². The molecule has 0 aliphatic rings. The molecule has 0 bridgehead atoms. The van der Waals surface area contributed by atoms with Gasteiger partial charge in [0.1, 0.15) is 5.75 Å². The summed E-state index contributed by atoms with van der Waals surface area (Å²) in [7, 11) is 1.31. The zero-order chi connectivity index (χ0) is 13.0. The van der Waals surface area contributed by atoms with Gasteiger partial charge in [0.2, 0.25) is 0 Å². The Morgan fingerprint density at radius 1 is 1.53 bits per heavy atom. The van der Waals surface area contributed by atoms with Gasteiger partial charge in [-0.05, 0) is 19.1 Å². The second-order valence-electron chi connectivity index (χ2n) is 3.19. The molecule has 0 radical (unpaired) electrons. The number of ether oxygens (including phenoxy) is 2. The number of benzene rings is 1. The third kappa shape index (κ3) is 3.07. The van der Waals surface area contributed by atoms with Crippen LogP contribution in [-0.2, 0) is 4.79 Å². The van der Waals surface area contributed by atoms with Crippen LogP contribution in [0.15, 0.2) is 18.2 Å². The number of hydrogen-bond donors (Lipinski definition) is 1. The van der Waals surface area contributed by atoms with Crippen LogP contribution in [0.1, 0.15) is 6.92 Å². The minimum atomic E-state index is -1.15. The van der Waals surface area contributed by atoms with Gasteiger partial charge in [0, 0.05) is 0 Å². The second-order valence-corrected chi connectivity index (χ2v) is 3.19. The Kier molecular flexibility index (Phi) is 3.86. The maximum absolute atomic E-state index is 10.7. The summed E-state index contributed by atoms with van der Waals surface area (Å²) in [6, 6.07) is 3.88. The van der Waals surface area contributed by atoms with Crippen LogP contribution in [0, 0.1) is 10.1 Å². The molecule has 17 heavy (non-hydrogen) atoms. The quantitative estimate of drug-likeness (QED) is 0.618. The molecule has 0 fully saturated rings. The number of methoxy groups -OCH3 is 1. The first-order valence-electron chi connectivity index (χ1n) is 4.67. The molecule has 0 aliphatic heterocycles. The van der Waals surface area contributed by atoms with Crippen LogP contribution in [0.5, 0.6) is 11.5 Å². The van der Waals surface area contributed by atoms with Crippen molar-refractivity contribution in [2.75, 3.05) is 7.11 Å². The molecular weight excluding hydrogens is 230 g/mol. The molecule has 1 aromatic carbocycles. The summed E-state index contributed by atoms with van der Waals surface area (Å²) < 4.78 is 9.81. The fourth-order valence-electron chi connectivity index (χ4n) is 1.14. The van der Waals surface area contributed by atoms with Crippen molar-refractivity contribution in [3.05, 3.63) is 28.3 Å². The predicted molar refractivity (Wildman–Crippen MR) is 57.4 cm³/mol. The summed E-state index contributed by atoms with van der Waals surface area (Å²) in [5.74, 6) is -0.957. The molecule has 0 aliphatic carbocycles. The second kappa shape index (κ2) is 5.15. The highest BCUT2D eigenvalue weighted by Crippen LogP contribution is 2.31. The van der Waals surface area contributed by atoms with E-state index in [1.807, 2.05) is 0 Å². The van der Waals surface area contributed by atoms with Crippen LogP contribution in [0.25, 0.3) is 0 Å². The topological polar surface area (TPSA) is 98.9 Å². The minimum Gasteiger partial charge on any atom is -0.490 e. The van der Waals surface area contributed by atoms with Crippen molar-refractivity contribution in [1.82, 2.24) is 0 Å². The van der Waals surface area contributed by atoms with E-state index in [0.29, 0.717) is 0 Å². The first-order valence-corrected chi connectivity index (χ1v) is 4.67. The van der Waals surface area contributed by atoms with Gasteiger partial charge in [0.05, 0.1) is 18.1 Å². The van der Waals surface area contributed by atoms with E-state index in [1.54, 1.807) is 0 Å². The number of hydrogen-bond acceptors (Lipinski definition) is 5. The van der Waals surface area contributed by atoms with E-state index in [9.17, 15) is 14.9 Å². The summed E-state index contributed by atoms with van der Waals surface area (Å²) >= 11 is 0. The van der Waals surface area contributed by atoms with Gasteiger partial charge in [-0.25, -0.2) is 4.79 Å². The zero-order valence-electron chi connectivity index (χ0n) is 9.25. The molecule has 1 N–H and O–H groups in total. The molecule has 1 aromatic rings. The summed E-state index contributed by atoms with van der Waals surface area (Å²) in [5, 5.41) is 19.3. The lowest BCUT2D eigenvalue weighted by Crippen LogP contribution is -2.22. The van der Waals surface area contributed by atoms with Gasteiger partial charge < -0.3 is 14.6 Å². The van der Waals surface area contributed by atoms with E-state index in [1.165, 1.54) is 26.2 Å². The molecule has 0 saturated carbocycles. The number of aliphatic carboxylic acids is 1.